The number of aliphatic hydroxyl groups is 11. The van der Waals surface area contributed by atoms with E-state index in [0.717, 1.165) is 38.5 Å². The number of ether oxygens (including phenoxy) is 6. The quantitative estimate of drug-likeness (QED) is 0.0199. The van der Waals surface area contributed by atoms with E-state index < -0.39 is 124 Å². The van der Waals surface area contributed by atoms with Crippen LogP contribution in [-0.2, 0) is 33.2 Å². The van der Waals surface area contributed by atoms with Crippen LogP contribution in [0.15, 0.2) is 24.3 Å². The summed E-state index contributed by atoms with van der Waals surface area (Å²) in [6.45, 7) is 1.76. The molecule has 3 saturated heterocycles. The fourth-order valence-electron chi connectivity index (χ4n) is 12.9. The zero-order chi connectivity index (χ0) is 66.8. The number of allylic oxidation sites excluding steroid dienone is 3. The van der Waals surface area contributed by atoms with Gasteiger partial charge in [0.15, 0.2) is 18.9 Å². The summed E-state index contributed by atoms with van der Waals surface area (Å²) in [6.07, 6.45) is 37.4. The molecule has 12 N–H and O–H groups in total. The number of amides is 1. The highest BCUT2D eigenvalue weighted by molar-refractivity contribution is 5.76. The third-order valence-corrected chi connectivity index (χ3v) is 19.0. The molecule has 19 nitrogen and oxygen atoms in total. The molecule has 0 saturated carbocycles. The molecule has 0 aromatic rings. The maximum absolute atomic E-state index is 13.4. The minimum absolute atomic E-state index is 0.241. The molecular weight excluding hydrogens is 1180 g/mol. The number of hydrogen-bond acceptors (Lipinski definition) is 18. The molecule has 3 heterocycles. The van der Waals surface area contributed by atoms with E-state index in [9.17, 15) is 61.0 Å². The molecule has 92 heavy (non-hydrogen) atoms. The van der Waals surface area contributed by atoms with Crippen LogP contribution in [-0.4, -0.2) is 193 Å². The van der Waals surface area contributed by atoms with Crippen LogP contribution in [0.1, 0.15) is 303 Å². The molecule has 0 bridgehead atoms. The van der Waals surface area contributed by atoms with Gasteiger partial charge < -0.3 is 89.9 Å². The number of carbonyl (C=O) groups is 1. The Hall–Kier alpha value is -1.73. The minimum Gasteiger partial charge on any atom is -0.394 e. The van der Waals surface area contributed by atoms with Gasteiger partial charge in [-0.2, -0.15) is 0 Å². The van der Waals surface area contributed by atoms with E-state index in [1.807, 2.05) is 6.08 Å². The zero-order valence-corrected chi connectivity index (χ0v) is 57.5. The molecule has 0 radical (unpaired) electrons. The van der Waals surface area contributed by atoms with Crippen molar-refractivity contribution >= 4 is 5.91 Å². The van der Waals surface area contributed by atoms with Crippen LogP contribution in [0.4, 0.5) is 0 Å². The van der Waals surface area contributed by atoms with Crippen LogP contribution in [0, 0.1) is 0 Å². The third kappa shape index (κ3) is 36.2. The third-order valence-electron chi connectivity index (χ3n) is 19.0. The van der Waals surface area contributed by atoms with Crippen molar-refractivity contribution in [2.45, 2.75) is 407 Å². The fourth-order valence-corrected chi connectivity index (χ4v) is 12.9. The fraction of sp³-hybridized carbons (Fsp3) is 0.932. The second kappa shape index (κ2) is 55.2. The normalized spacial score (nSPS) is 27.8. The summed E-state index contributed by atoms with van der Waals surface area (Å²) in [6, 6.07) is -0.987. The molecule has 0 spiro atoms. The molecule has 3 aliphatic rings. The number of rotatable bonds is 59. The largest absolute Gasteiger partial charge is 0.394 e. The van der Waals surface area contributed by atoms with Gasteiger partial charge >= 0.3 is 0 Å². The van der Waals surface area contributed by atoms with Gasteiger partial charge in [0.25, 0.3) is 0 Å². The van der Waals surface area contributed by atoms with Crippen molar-refractivity contribution in [2.75, 3.05) is 26.4 Å². The van der Waals surface area contributed by atoms with Crippen LogP contribution in [0.25, 0.3) is 0 Å². The van der Waals surface area contributed by atoms with Crippen LogP contribution in [0.5, 0.6) is 0 Å². The summed E-state index contributed by atoms with van der Waals surface area (Å²) in [5.74, 6) is -0.279. The Morgan fingerprint density at radius 1 is 0.380 bits per heavy atom. The van der Waals surface area contributed by atoms with Crippen LogP contribution in [0.2, 0.25) is 0 Å². The number of carbonyl (C=O) groups excluding carboxylic acids is 1. The van der Waals surface area contributed by atoms with E-state index in [-0.39, 0.29) is 18.9 Å². The highest BCUT2D eigenvalue weighted by Gasteiger charge is 2.53. The summed E-state index contributed by atoms with van der Waals surface area (Å²) < 4.78 is 34.4. The van der Waals surface area contributed by atoms with Crippen molar-refractivity contribution in [3.05, 3.63) is 24.3 Å². The Balaban J connectivity index is 1.41. The van der Waals surface area contributed by atoms with Gasteiger partial charge in [0.1, 0.15) is 73.2 Å². The van der Waals surface area contributed by atoms with Gasteiger partial charge in [-0.15, -0.1) is 0 Å². The average molecular weight is 1320 g/mol. The van der Waals surface area contributed by atoms with Crippen LogP contribution >= 0.6 is 0 Å². The first-order valence-electron chi connectivity index (χ1n) is 37.6. The Kier molecular flexibility index (Phi) is 50.7. The lowest BCUT2D eigenvalue weighted by Gasteiger charge is -2.48. The first-order valence-corrected chi connectivity index (χ1v) is 37.6. The summed E-state index contributed by atoms with van der Waals surface area (Å²) in [4.78, 5) is 13.4. The number of hydrogen-bond donors (Lipinski definition) is 12. The number of aliphatic hydroxyl groups excluding tert-OH is 11. The van der Waals surface area contributed by atoms with E-state index in [4.69, 9.17) is 28.4 Å². The predicted molar refractivity (Wildman–Crippen MR) is 360 cm³/mol. The molecule has 17 atom stereocenters. The van der Waals surface area contributed by atoms with Crippen LogP contribution < -0.4 is 5.32 Å². The van der Waals surface area contributed by atoms with Gasteiger partial charge in [-0.3, -0.25) is 4.79 Å². The van der Waals surface area contributed by atoms with Gasteiger partial charge in [-0.1, -0.05) is 289 Å². The summed E-state index contributed by atoms with van der Waals surface area (Å²) in [5.41, 5.74) is 0. The molecule has 3 fully saturated rings. The van der Waals surface area contributed by atoms with Crippen molar-refractivity contribution in [3.63, 3.8) is 0 Å². The SMILES string of the molecule is CCCCCCCCCCCCCCCC/C=C/CC/C=C/C(O)C(COC1OC(CO)C(OC2OC(CO)C(OC3OC(CO)C(O)C(O)C3O)C(O)C2O)C(O)C1O)NC(=O)CCCCCCCCCCCCCCCCCCCCCCCCCCCCC. The zero-order valence-electron chi connectivity index (χ0n) is 57.5. The molecule has 0 aromatic carbocycles. The van der Waals surface area contributed by atoms with Crippen molar-refractivity contribution < 1.29 is 89.4 Å². The van der Waals surface area contributed by atoms with Crippen molar-refractivity contribution in [2.24, 2.45) is 0 Å². The highest BCUT2D eigenvalue weighted by atomic mass is 16.8. The lowest BCUT2D eigenvalue weighted by molar-refractivity contribution is -0.379. The molecule has 542 valence electrons. The standard InChI is InChI=1S/C73H137NO18/c1-3-5-7-9-11-13-15-17-19-21-23-25-26-27-28-29-30-31-33-35-37-39-41-43-45-47-49-51-61(79)74-56(57(78)50-48-46-44-42-40-38-36-34-32-24-22-20-18-16-14-12-10-8-6-4-2)55-87-71-67(85)64(82)69(59(53-76)89-71)92-73-68(86)65(83)70(60(54-77)90-73)91-72-66(84)63(81)62(80)58(52-75)88-72/h40,42,48,50,56-60,62-73,75-78,80-86H,3-39,41,43-47,49,51-55H2,1-2H3,(H,74,79)/b42-40+,50-48+. The van der Waals surface area contributed by atoms with Gasteiger partial charge in [0.2, 0.25) is 5.91 Å². The van der Waals surface area contributed by atoms with Crippen molar-refractivity contribution in [1.29, 1.82) is 0 Å². The molecule has 0 aliphatic carbocycles. The smallest absolute Gasteiger partial charge is 0.220 e. The second-order valence-electron chi connectivity index (χ2n) is 27.1. The molecular formula is C73H137NO18. The monoisotopic (exact) mass is 1320 g/mol. The first kappa shape index (κ1) is 84.5. The summed E-state index contributed by atoms with van der Waals surface area (Å²) >= 11 is 0. The number of nitrogens with one attached hydrogen (secondary N) is 1. The highest BCUT2D eigenvalue weighted by Crippen LogP contribution is 2.33. The lowest BCUT2D eigenvalue weighted by Crippen LogP contribution is -2.66. The molecule has 19 heteroatoms. The van der Waals surface area contributed by atoms with Gasteiger partial charge in [-0.05, 0) is 32.1 Å². The topological polar surface area (TPSA) is 307 Å². The lowest BCUT2D eigenvalue weighted by atomic mass is 9.96. The Bertz CT molecular complexity index is 1760. The second-order valence-corrected chi connectivity index (χ2v) is 27.1. The molecule has 0 aromatic heterocycles. The Morgan fingerprint density at radius 2 is 0.696 bits per heavy atom. The Labute approximate surface area is 556 Å². The van der Waals surface area contributed by atoms with E-state index in [1.54, 1.807) is 6.08 Å². The van der Waals surface area contributed by atoms with Gasteiger partial charge in [-0.25, -0.2) is 0 Å². The average Bonchev–Trinajstić information content (AvgIpc) is 0.813. The Morgan fingerprint density at radius 3 is 1.09 bits per heavy atom. The summed E-state index contributed by atoms with van der Waals surface area (Å²) in [7, 11) is 0. The van der Waals surface area contributed by atoms with E-state index in [1.165, 1.54) is 231 Å². The molecule has 1 amide bonds. The summed E-state index contributed by atoms with van der Waals surface area (Å²) in [5, 5.41) is 121. The van der Waals surface area contributed by atoms with E-state index >= 15 is 0 Å². The maximum Gasteiger partial charge on any atom is 0.220 e. The number of unbranched alkanes of at least 4 members (excludes halogenated alkanes) is 41. The predicted octanol–water partition coefficient (Wildman–Crippen LogP) is 11.0. The van der Waals surface area contributed by atoms with Gasteiger partial charge in [0, 0.05) is 6.42 Å². The first-order chi connectivity index (χ1) is 44.8. The molecule has 3 aliphatic heterocycles. The molecule has 3 rings (SSSR count). The van der Waals surface area contributed by atoms with Crippen LogP contribution in [0.3, 0.4) is 0 Å². The molecule has 17 unspecified atom stereocenters. The van der Waals surface area contributed by atoms with Gasteiger partial charge in [0.05, 0.1) is 38.6 Å². The van der Waals surface area contributed by atoms with E-state index in [2.05, 4.69) is 31.3 Å². The van der Waals surface area contributed by atoms with Crippen molar-refractivity contribution in [1.82, 2.24) is 5.32 Å². The maximum atomic E-state index is 13.4. The van der Waals surface area contributed by atoms with Crippen molar-refractivity contribution in [3.8, 4) is 0 Å². The van der Waals surface area contributed by atoms with E-state index in [0.29, 0.717) is 12.8 Å². The minimum atomic E-state index is -1.98.